The van der Waals surface area contributed by atoms with Gasteiger partial charge in [-0.15, -0.1) is 11.6 Å². The molecule has 1 aromatic carbocycles. The molecule has 21 heavy (non-hydrogen) atoms. The fraction of sp³-hybridized carbons (Fsp3) is 0.533. The van der Waals surface area contributed by atoms with E-state index in [4.69, 9.17) is 34.8 Å². The van der Waals surface area contributed by atoms with Crippen molar-refractivity contribution in [3.63, 3.8) is 0 Å². The van der Waals surface area contributed by atoms with Crippen molar-refractivity contribution < 1.29 is 0 Å². The molecule has 0 atom stereocenters. The molecule has 0 radical (unpaired) electrons. The van der Waals surface area contributed by atoms with Gasteiger partial charge in [0.2, 0.25) is 0 Å². The predicted octanol–water partition coefficient (Wildman–Crippen LogP) is 4.57. The van der Waals surface area contributed by atoms with Crippen molar-refractivity contribution in [2.24, 2.45) is 0 Å². The summed E-state index contributed by atoms with van der Waals surface area (Å²) in [5, 5.41) is 1.09. The third-order valence-corrected chi connectivity index (χ3v) is 5.04. The van der Waals surface area contributed by atoms with Crippen LogP contribution in [-0.4, -0.2) is 34.1 Å². The quantitative estimate of drug-likeness (QED) is 0.756. The predicted molar refractivity (Wildman–Crippen MR) is 89.6 cm³/mol. The van der Waals surface area contributed by atoms with E-state index < -0.39 is 0 Å². The number of rotatable bonds is 4. The number of piperidine rings is 1. The van der Waals surface area contributed by atoms with Gasteiger partial charge >= 0.3 is 0 Å². The van der Waals surface area contributed by atoms with E-state index >= 15 is 0 Å². The second-order valence-electron chi connectivity index (χ2n) is 5.47. The highest BCUT2D eigenvalue weighted by atomic mass is 35.5. The van der Waals surface area contributed by atoms with Gasteiger partial charge in [0.15, 0.2) is 0 Å². The maximum atomic E-state index is 6.14. The van der Waals surface area contributed by atoms with E-state index in [1.165, 1.54) is 32.4 Å². The molecule has 0 amide bonds. The van der Waals surface area contributed by atoms with Gasteiger partial charge in [0.05, 0.1) is 27.0 Å². The normalized spacial score (nSPS) is 16.7. The second-order valence-corrected chi connectivity index (χ2v) is 6.55. The number of halogens is 3. The number of hydrogen-bond acceptors (Lipinski definition) is 2. The standard InChI is InChI=1S/C15H18Cl3N3/c16-10-15-19-13-8-11(17)12(18)9-14(13)21(15)7-6-20-4-2-1-3-5-20/h8-9H,1-7,10H2. The number of imidazole rings is 1. The highest BCUT2D eigenvalue weighted by Gasteiger charge is 2.15. The molecule has 3 rings (SSSR count). The summed E-state index contributed by atoms with van der Waals surface area (Å²) in [4.78, 5) is 7.07. The van der Waals surface area contributed by atoms with E-state index in [9.17, 15) is 0 Å². The molecule has 0 bridgehead atoms. The maximum absolute atomic E-state index is 6.14. The lowest BCUT2D eigenvalue weighted by Gasteiger charge is -2.26. The van der Waals surface area contributed by atoms with Crippen LogP contribution in [0.3, 0.4) is 0 Å². The van der Waals surface area contributed by atoms with E-state index in [2.05, 4.69) is 14.5 Å². The van der Waals surface area contributed by atoms with Gasteiger partial charge in [-0.25, -0.2) is 4.98 Å². The third-order valence-electron chi connectivity index (χ3n) is 4.08. The largest absolute Gasteiger partial charge is 0.326 e. The molecule has 1 aromatic heterocycles. The Morgan fingerprint density at radius 3 is 2.43 bits per heavy atom. The van der Waals surface area contributed by atoms with Crippen LogP contribution in [0.25, 0.3) is 11.0 Å². The molecule has 1 aliphatic rings. The molecule has 0 aliphatic carbocycles. The maximum Gasteiger partial charge on any atom is 0.124 e. The van der Waals surface area contributed by atoms with Crippen molar-refractivity contribution >= 4 is 45.8 Å². The summed E-state index contributed by atoms with van der Waals surface area (Å²) in [5.41, 5.74) is 1.87. The second kappa shape index (κ2) is 6.74. The van der Waals surface area contributed by atoms with Crippen LogP contribution in [0.4, 0.5) is 0 Å². The first-order valence-corrected chi connectivity index (χ1v) is 8.60. The topological polar surface area (TPSA) is 21.1 Å². The summed E-state index contributed by atoms with van der Waals surface area (Å²) in [6, 6.07) is 3.70. The number of aromatic nitrogens is 2. The first kappa shape index (κ1) is 15.4. The summed E-state index contributed by atoms with van der Waals surface area (Å²) < 4.78 is 2.17. The van der Waals surface area contributed by atoms with Gasteiger partial charge in [-0.05, 0) is 38.1 Å². The minimum absolute atomic E-state index is 0.393. The summed E-state index contributed by atoms with van der Waals surface area (Å²) in [5.74, 6) is 1.27. The van der Waals surface area contributed by atoms with Crippen molar-refractivity contribution in [2.45, 2.75) is 31.7 Å². The molecule has 114 valence electrons. The molecule has 6 heteroatoms. The van der Waals surface area contributed by atoms with Crippen LogP contribution in [-0.2, 0) is 12.4 Å². The lowest BCUT2D eigenvalue weighted by atomic mass is 10.1. The average molecular weight is 347 g/mol. The van der Waals surface area contributed by atoms with Crippen LogP contribution in [0, 0.1) is 0 Å². The van der Waals surface area contributed by atoms with Crippen LogP contribution in [0.2, 0.25) is 10.0 Å². The van der Waals surface area contributed by atoms with Gasteiger partial charge in [-0.3, -0.25) is 0 Å². The Balaban J connectivity index is 1.86. The van der Waals surface area contributed by atoms with Crippen molar-refractivity contribution in [2.75, 3.05) is 19.6 Å². The first-order chi connectivity index (χ1) is 10.2. The summed E-state index contributed by atoms with van der Waals surface area (Å²) in [7, 11) is 0. The highest BCUT2D eigenvalue weighted by Crippen LogP contribution is 2.28. The molecule has 1 saturated heterocycles. The molecular formula is C15H18Cl3N3. The zero-order valence-electron chi connectivity index (χ0n) is 11.8. The average Bonchev–Trinajstić information content (AvgIpc) is 2.83. The molecule has 0 spiro atoms. The zero-order valence-corrected chi connectivity index (χ0v) is 14.1. The van der Waals surface area contributed by atoms with Gasteiger partial charge in [0.25, 0.3) is 0 Å². The molecule has 0 unspecified atom stereocenters. The molecule has 1 fully saturated rings. The number of benzene rings is 1. The Bertz CT molecular complexity index is 633. The number of likely N-dealkylation sites (tertiary alicyclic amines) is 1. The van der Waals surface area contributed by atoms with Gasteiger partial charge in [-0.1, -0.05) is 29.6 Å². The molecule has 2 aromatic rings. The summed E-state index contributed by atoms with van der Waals surface area (Å²) in [6.07, 6.45) is 3.95. The lowest BCUT2D eigenvalue weighted by Crippen LogP contribution is -2.32. The number of hydrogen-bond donors (Lipinski definition) is 0. The van der Waals surface area contributed by atoms with Gasteiger partial charge in [-0.2, -0.15) is 0 Å². The van der Waals surface area contributed by atoms with Crippen molar-refractivity contribution in [1.29, 1.82) is 0 Å². The third kappa shape index (κ3) is 3.31. The zero-order chi connectivity index (χ0) is 14.8. The van der Waals surface area contributed by atoms with E-state index in [0.29, 0.717) is 15.9 Å². The van der Waals surface area contributed by atoms with E-state index in [0.717, 1.165) is 29.9 Å². The number of nitrogens with zero attached hydrogens (tertiary/aromatic N) is 3. The first-order valence-electron chi connectivity index (χ1n) is 7.31. The Morgan fingerprint density at radius 2 is 1.71 bits per heavy atom. The minimum Gasteiger partial charge on any atom is -0.326 e. The highest BCUT2D eigenvalue weighted by molar-refractivity contribution is 6.42. The van der Waals surface area contributed by atoms with E-state index in [-0.39, 0.29) is 0 Å². The van der Waals surface area contributed by atoms with E-state index in [1.807, 2.05) is 12.1 Å². The van der Waals surface area contributed by atoms with E-state index in [1.54, 1.807) is 0 Å². The fourth-order valence-electron chi connectivity index (χ4n) is 2.95. The molecule has 1 aliphatic heterocycles. The van der Waals surface area contributed by atoms with Gasteiger partial charge < -0.3 is 9.47 Å². The van der Waals surface area contributed by atoms with Crippen LogP contribution in [0.1, 0.15) is 25.1 Å². The van der Waals surface area contributed by atoms with Crippen molar-refractivity contribution in [3.8, 4) is 0 Å². The Kier molecular flexibility index (Phi) is 4.95. The fourth-order valence-corrected chi connectivity index (χ4v) is 3.47. The Hall–Kier alpha value is -0.480. The van der Waals surface area contributed by atoms with Gasteiger partial charge in [0, 0.05) is 13.1 Å². The van der Waals surface area contributed by atoms with Gasteiger partial charge in [0.1, 0.15) is 5.82 Å². The van der Waals surface area contributed by atoms with Crippen LogP contribution >= 0.6 is 34.8 Å². The smallest absolute Gasteiger partial charge is 0.124 e. The molecule has 2 heterocycles. The lowest BCUT2D eigenvalue weighted by molar-refractivity contribution is 0.221. The summed E-state index contributed by atoms with van der Waals surface area (Å²) in [6.45, 7) is 4.29. The van der Waals surface area contributed by atoms with Crippen LogP contribution in [0.5, 0.6) is 0 Å². The van der Waals surface area contributed by atoms with Crippen molar-refractivity contribution in [3.05, 3.63) is 28.0 Å². The SMILES string of the molecule is ClCc1nc2cc(Cl)c(Cl)cc2n1CCN1CCCCC1. The van der Waals surface area contributed by atoms with Crippen molar-refractivity contribution in [1.82, 2.24) is 14.5 Å². The minimum atomic E-state index is 0.393. The summed E-state index contributed by atoms with van der Waals surface area (Å²) >= 11 is 18.3. The van der Waals surface area contributed by atoms with Crippen LogP contribution in [0.15, 0.2) is 12.1 Å². The molecule has 0 N–H and O–H groups in total. The monoisotopic (exact) mass is 345 g/mol. The Labute approximate surface area is 139 Å². The number of fused-ring (bicyclic) bond motifs is 1. The molecule has 3 nitrogen and oxygen atoms in total. The van der Waals surface area contributed by atoms with Crippen LogP contribution < -0.4 is 0 Å². The molecule has 0 saturated carbocycles. The molecular weight excluding hydrogens is 329 g/mol. The Morgan fingerprint density at radius 1 is 1.00 bits per heavy atom. The number of alkyl halides is 1.